The van der Waals surface area contributed by atoms with E-state index in [0.717, 1.165) is 5.56 Å². The highest BCUT2D eigenvalue weighted by Gasteiger charge is 2.43. The molecule has 0 aliphatic carbocycles. The van der Waals surface area contributed by atoms with Gasteiger partial charge in [0.2, 0.25) is 0 Å². The van der Waals surface area contributed by atoms with Crippen LogP contribution in [0.5, 0.6) is 11.5 Å². The van der Waals surface area contributed by atoms with Gasteiger partial charge in [-0.15, -0.1) is 8.78 Å². The number of hydrogen-bond donors (Lipinski definition) is 1. The highest BCUT2D eigenvalue weighted by Crippen LogP contribution is 2.42. The standard InChI is InChI=1S/C11H13F2NO2/c1-10(2,6-14)7-3-4-8-9(5-7)16-11(12,13)15-8/h3-5H,6,14H2,1-2H3. The maximum atomic E-state index is 12.8. The van der Waals surface area contributed by atoms with Crippen LogP contribution >= 0.6 is 0 Å². The van der Waals surface area contributed by atoms with Crippen LogP contribution in [0.2, 0.25) is 0 Å². The molecular formula is C11H13F2NO2. The fraction of sp³-hybridized carbons (Fsp3) is 0.455. The van der Waals surface area contributed by atoms with Crippen molar-refractivity contribution in [2.24, 2.45) is 5.73 Å². The molecule has 1 aromatic carbocycles. The van der Waals surface area contributed by atoms with E-state index in [1.54, 1.807) is 12.1 Å². The van der Waals surface area contributed by atoms with Crippen LogP contribution in [0.4, 0.5) is 8.78 Å². The number of rotatable bonds is 2. The number of nitrogens with two attached hydrogens (primary N) is 1. The predicted octanol–water partition coefficient (Wildman–Crippen LogP) is 2.24. The number of halogens is 2. The second kappa shape index (κ2) is 3.31. The summed E-state index contributed by atoms with van der Waals surface area (Å²) in [6.45, 7) is 4.29. The Kier molecular flexibility index (Phi) is 2.31. The van der Waals surface area contributed by atoms with Crippen molar-refractivity contribution in [1.29, 1.82) is 0 Å². The van der Waals surface area contributed by atoms with Gasteiger partial charge in [0, 0.05) is 12.0 Å². The maximum absolute atomic E-state index is 12.8. The van der Waals surface area contributed by atoms with Crippen molar-refractivity contribution in [2.45, 2.75) is 25.6 Å². The average Bonchev–Trinajstić information content (AvgIpc) is 2.50. The van der Waals surface area contributed by atoms with E-state index in [4.69, 9.17) is 5.73 Å². The van der Waals surface area contributed by atoms with E-state index in [0.29, 0.717) is 6.54 Å². The molecule has 0 unspecified atom stereocenters. The molecule has 0 aromatic heterocycles. The van der Waals surface area contributed by atoms with Gasteiger partial charge in [0.1, 0.15) is 0 Å². The number of fused-ring (bicyclic) bond motifs is 1. The number of benzene rings is 1. The molecule has 0 bridgehead atoms. The van der Waals surface area contributed by atoms with Crippen molar-refractivity contribution in [3.8, 4) is 11.5 Å². The molecule has 16 heavy (non-hydrogen) atoms. The quantitative estimate of drug-likeness (QED) is 0.845. The smallest absolute Gasteiger partial charge is 0.395 e. The van der Waals surface area contributed by atoms with Gasteiger partial charge >= 0.3 is 6.29 Å². The van der Waals surface area contributed by atoms with Crippen LogP contribution in [0.15, 0.2) is 18.2 Å². The van der Waals surface area contributed by atoms with Crippen molar-refractivity contribution in [3.05, 3.63) is 23.8 Å². The summed E-state index contributed by atoms with van der Waals surface area (Å²) in [7, 11) is 0. The van der Waals surface area contributed by atoms with Gasteiger partial charge in [-0.05, 0) is 17.7 Å². The minimum absolute atomic E-state index is 0.0570. The van der Waals surface area contributed by atoms with Crippen molar-refractivity contribution >= 4 is 0 Å². The molecule has 0 spiro atoms. The molecule has 88 valence electrons. The second-order valence-electron chi connectivity index (χ2n) is 4.42. The first-order chi connectivity index (χ1) is 7.34. The normalized spacial score (nSPS) is 17.6. The Morgan fingerprint density at radius 2 is 1.88 bits per heavy atom. The number of alkyl halides is 2. The van der Waals surface area contributed by atoms with Crippen LogP contribution in [-0.4, -0.2) is 12.8 Å². The second-order valence-corrected chi connectivity index (χ2v) is 4.42. The van der Waals surface area contributed by atoms with Crippen LogP contribution in [0.3, 0.4) is 0 Å². The van der Waals surface area contributed by atoms with Crippen molar-refractivity contribution in [1.82, 2.24) is 0 Å². The Bertz CT molecular complexity index is 418. The zero-order valence-electron chi connectivity index (χ0n) is 9.09. The number of ether oxygens (including phenoxy) is 2. The molecule has 5 heteroatoms. The molecule has 0 radical (unpaired) electrons. The van der Waals surface area contributed by atoms with Gasteiger partial charge in [-0.3, -0.25) is 0 Å². The molecule has 1 heterocycles. The number of hydrogen-bond acceptors (Lipinski definition) is 3. The van der Waals surface area contributed by atoms with Crippen molar-refractivity contribution in [2.75, 3.05) is 6.54 Å². The third-order valence-corrected chi connectivity index (χ3v) is 2.69. The zero-order valence-corrected chi connectivity index (χ0v) is 9.09. The van der Waals surface area contributed by atoms with Gasteiger partial charge in [0.15, 0.2) is 11.5 Å². The summed E-state index contributed by atoms with van der Waals surface area (Å²) in [5, 5.41) is 0. The maximum Gasteiger partial charge on any atom is 0.586 e. The zero-order chi connectivity index (χ0) is 12.0. The first kappa shape index (κ1) is 11.1. The molecule has 1 aliphatic heterocycles. The molecule has 0 fully saturated rings. The van der Waals surface area contributed by atoms with E-state index < -0.39 is 6.29 Å². The summed E-state index contributed by atoms with van der Waals surface area (Å²) in [5.74, 6) is 0.116. The highest BCUT2D eigenvalue weighted by molar-refractivity contribution is 5.47. The lowest BCUT2D eigenvalue weighted by atomic mass is 9.85. The predicted molar refractivity (Wildman–Crippen MR) is 54.7 cm³/mol. The molecule has 2 N–H and O–H groups in total. The average molecular weight is 229 g/mol. The van der Waals surface area contributed by atoms with Crippen LogP contribution in [0.25, 0.3) is 0 Å². The third kappa shape index (κ3) is 1.82. The first-order valence-corrected chi connectivity index (χ1v) is 4.94. The molecule has 1 aliphatic rings. The van der Waals surface area contributed by atoms with E-state index in [1.165, 1.54) is 6.07 Å². The van der Waals surface area contributed by atoms with Gasteiger partial charge in [0.25, 0.3) is 0 Å². The fourth-order valence-corrected chi connectivity index (χ4v) is 1.49. The summed E-state index contributed by atoms with van der Waals surface area (Å²) in [4.78, 5) is 0. The van der Waals surface area contributed by atoms with E-state index in [1.807, 2.05) is 13.8 Å². The van der Waals surface area contributed by atoms with E-state index in [-0.39, 0.29) is 16.9 Å². The molecule has 0 atom stereocenters. The monoisotopic (exact) mass is 229 g/mol. The van der Waals surface area contributed by atoms with E-state index >= 15 is 0 Å². The summed E-state index contributed by atoms with van der Waals surface area (Å²) >= 11 is 0. The highest BCUT2D eigenvalue weighted by atomic mass is 19.3. The Labute approximate surface area is 92.1 Å². The van der Waals surface area contributed by atoms with Crippen LogP contribution in [0.1, 0.15) is 19.4 Å². The Balaban J connectivity index is 2.36. The SMILES string of the molecule is CC(C)(CN)c1ccc2c(c1)OC(F)(F)O2. The van der Waals surface area contributed by atoms with Crippen LogP contribution in [0, 0.1) is 0 Å². The van der Waals surface area contributed by atoms with Crippen LogP contribution < -0.4 is 15.2 Å². The van der Waals surface area contributed by atoms with E-state index in [2.05, 4.69) is 9.47 Å². The molecule has 1 aromatic rings. The minimum atomic E-state index is -3.56. The Morgan fingerprint density at radius 1 is 1.25 bits per heavy atom. The van der Waals surface area contributed by atoms with Crippen LogP contribution in [-0.2, 0) is 5.41 Å². The molecule has 0 saturated carbocycles. The minimum Gasteiger partial charge on any atom is -0.395 e. The molecule has 3 nitrogen and oxygen atoms in total. The summed E-state index contributed by atoms with van der Waals surface area (Å²) in [5.41, 5.74) is 6.18. The fourth-order valence-electron chi connectivity index (χ4n) is 1.49. The molecular weight excluding hydrogens is 216 g/mol. The van der Waals surface area contributed by atoms with Gasteiger partial charge in [-0.1, -0.05) is 19.9 Å². The Morgan fingerprint density at radius 3 is 2.50 bits per heavy atom. The lowest BCUT2D eigenvalue weighted by Gasteiger charge is -2.22. The summed E-state index contributed by atoms with van der Waals surface area (Å²) in [6, 6.07) is 4.74. The Hall–Kier alpha value is -1.36. The third-order valence-electron chi connectivity index (χ3n) is 2.69. The lowest BCUT2D eigenvalue weighted by Crippen LogP contribution is -2.28. The summed E-state index contributed by atoms with van der Waals surface area (Å²) in [6.07, 6.45) is -3.56. The van der Waals surface area contributed by atoms with E-state index in [9.17, 15) is 8.78 Å². The van der Waals surface area contributed by atoms with Crippen molar-refractivity contribution in [3.63, 3.8) is 0 Å². The first-order valence-electron chi connectivity index (χ1n) is 4.94. The lowest BCUT2D eigenvalue weighted by molar-refractivity contribution is -0.286. The van der Waals surface area contributed by atoms with Gasteiger partial charge in [-0.2, -0.15) is 0 Å². The molecule has 2 rings (SSSR count). The van der Waals surface area contributed by atoms with Crippen molar-refractivity contribution < 1.29 is 18.3 Å². The largest absolute Gasteiger partial charge is 0.586 e. The molecule has 0 amide bonds. The van der Waals surface area contributed by atoms with Gasteiger partial charge in [0.05, 0.1) is 0 Å². The molecule has 0 saturated heterocycles. The van der Waals surface area contributed by atoms with Gasteiger partial charge < -0.3 is 15.2 Å². The topological polar surface area (TPSA) is 44.5 Å². The van der Waals surface area contributed by atoms with Gasteiger partial charge in [-0.25, -0.2) is 0 Å². The summed E-state index contributed by atoms with van der Waals surface area (Å²) < 4.78 is 34.2.